The van der Waals surface area contributed by atoms with Crippen LogP contribution < -0.4 is 16.2 Å². The monoisotopic (exact) mass is 499 g/mol. The smallest absolute Gasteiger partial charge is 0.418 e. The number of hydrogen-bond donors (Lipinski definition) is 2. The highest BCUT2D eigenvalue weighted by atomic mass is 19.4. The van der Waals surface area contributed by atoms with E-state index in [0.29, 0.717) is 12.1 Å². The number of aryl methyl sites for hydroxylation is 1. The van der Waals surface area contributed by atoms with E-state index in [4.69, 9.17) is 4.74 Å². The summed E-state index contributed by atoms with van der Waals surface area (Å²) in [6.45, 7) is 3.97. The molecule has 0 bridgehead atoms. The van der Waals surface area contributed by atoms with Crippen molar-refractivity contribution in [3.8, 4) is 0 Å². The molecule has 0 aliphatic heterocycles. The summed E-state index contributed by atoms with van der Waals surface area (Å²) < 4.78 is 46.5. The Labute approximate surface area is 201 Å². The lowest BCUT2D eigenvalue weighted by atomic mass is 10.1. The zero-order valence-electron chi connectivity index (χ0n) is 19.2. The Hall–Kier alpha value is -4.41. The van der Waals surface area contributed by atoms with Gasteiger partial charge >= 0.3 is 12.1 Å². The summed E-state index contributed by atoms with van der Waals surface area (Å²) in [7, 11) is 0. The largest absolute Gasteiger partial charge is 0.462 e. The minimum atomic E-state index is -4.69. The van der Waals surface area contributed by atoms with E-state index in [1.165, 1.54) is 24.4 Å². The van der Waals surface area contributed by atoms with E-state index in [1.54, 1.807) is 17.6 Å². The van der Waals surface area contributed by atoms with Crippen LogP contribution in [0, 0.1) is 0 Å². The van der Waals surface area contributed by atoms with Gasteiger partial charge in [-0.15, -0.1) is 0 Å². The minimum Gasteiger partial charge on any atom is -0.462 e. The number of aromatic nitrogens is 2. The number of amides is 1. The van der Waals surface area contributed by atoms with Gasteiger partial charge in [-0.1, -0.05) is 6.07 Å². The summed E-state index contributed by atoms with van der Waals surface area (Å²) in [5.74, 6) is -1.66. The van der Waals surface area contributed by atoms with Gasteiger partial charge in [-0.2, -0.15) is 13.2 Å². The van der Waals surface area contributed by atoms with E-state index in [9.17, 15) is 32.3 Å². The number of nitrogens with one attached hydrogen (secondary N) is 2. The summed E-state index contributed by atoms with van der Waals surface area (Å²) in [6, 6.07) is 7.56. The third-order valence-corrected chi connectivity index (χ3v) is 5.64. The number of rotatable bonds is 5. The van der Waals surface area contributed by atoms with Gasteiger partial charge in [0.2, 0.25) is 10.9 Å². The first-order valence-electron chi connectivity index (χ1n) is 10.9. The molecule has 0 aliphatic carbocycles. The molecule has 0 spiro atoms. The third kappa shape index (κ3) is 4.35. The molecule has 8 nitrogen and oxygen atoms in total. The number of esters is 1. The molecular weight excluding hydrogens is 479 g/mol. The molecule has 36 heavy (non-hydrogen) atoms. The lowest BCUT2D eigenvalue weighted by Crippen LogP contribution is -2.23. The molecule has 1 amide bonds. The SMILES string of the molecule is CCOC(=O)c1cn(CC)c2ccc(NC(=O)c3c[nH]c4c(C(F)(F)F)cccc4c3=O)cc2c1=O. The average Bonchev–Trinajstić information content (AvgIpc) is 2.84. The quantitative estimate of drug-likeness (QED) is 0.398. The standard InChI is InChI=1S/C25H20F3N3O5/c1-3-31-12-17(24(35)36-4-2)22(33)15-10-13(8-9-19(15)31)30-23(34)16-11-29-20-14(21(16)32)6-5-7-18(20)25(26,27)28/h5-12H,3-4H2,1-2H3,(H,29,32)(H,30,34). The van der Waals surface area contributed by atoms with E-state index < -0.39 is 45.6 Å². The van der Waals surface area contributed by atoms with E-state index in [0.717, 1.165) is 18.3 Å². The van der Waals surface area contributed by atoms with E-state index in [2.05, 4.69) is 10.3 Å². The number of hydrogen-bond acceptors (Lipinski definition) is 5. The fraction of sp³-hybridized carbons (Fsp3) is 0.200. The second-order valence-electron chi connectivity index (χ2n) is 7.82. The lowest BCUT2D eigenvalue weighted by molar-refractivity contribution is -0.136. The molecule has 11 heteroatoms. The zero-order valence-corrected chi connectivity index (χ0v) is 19.2. The van der Waals surface area contributed by atoms with Gasteiger partial charge in [0, 0.05) is 35.4 Å². The molecule has 2 N–H and O–H groups in total. The van der Waals surface area contributed by atoms with E-state index in [1.807, 2.05) is 6.92 Å². The number of H-pyrrole nitrogens is 1. The average molecular weight is 499 g/mol. The van der Waals surface area contributed by atoms with Crippen LogP contribution in [0.1, 0.15) is 40.1 Å². The predicted octanol–water partition coefficient (Wildman–Crippen LogP) is 4.31. The first-order chi connectivity index (χ1) is 17.1. The van der Waals surface area contributed by atoms with Gasteiger partial charge in [0.25, 0.3) is 5.91 Å². The molecule has 2 heterocycles. The number of carbonyl (C=O) groups is 2. The van der Waals surface area contributed by atoms with Crippen LogP contribution in [-0.4, -0.2) is 28.0 Å². The van der Waals surface area contributed by atoms with E-state index in [-0.39, 0.29) is 28.6 Å². The Morgan fingerprint density at radius 3 is 2.42 bits per heavy atom. The van der Waals surface area contributed by atoms with Gasteiger partial charge in [0.1, 0.15) is 11.1 Å². The number of benzene rings is 2. The molecule has 0 fully saturated rings. The molecule has 2 aromatic heterocycles. The molecule has 0 radical (unpaired) electrons. The summed E-state index contributed by atoms with van der Waals surface area (Å²) in [4.78, 5) is 53.3. The van der Waals surface area contributed by atoms with Crippen LogP contribution in [-0.2, 0) is 17.5 Å². The van der Waals surface area contributed by atoms with Crippen molar-refractivity contribution in [2.24, 2.45) is 0 Å². The van der Waals surface area contributed by atoms with Crippen LogP contribution in [0.5, 0.6) is 0 Å². The molecule has 0 saturated heterocycles. The highest BCUT2D eigenvalue weighted by Crippen LogP contribution is 2.33. The number of pyridine rings is 2. The second kappa shape index (κ2) is 9.33. The van der Waals surface area contributed by atoms with Crippen molar-refractivity contribution >= 4 is 39.4 Å². The van der Waals surface area contributed by atoms with E-state index >= 15 is 0 Å². The van der Waals surface area contributed by atoms with Crippen LogP contribution in [0.25, 0.3) is 21.8 Å². The number of fused-ring (bicyclic) bond motifs is 2. The molecule has 0 atom stereocenters. The summed E-state index contributed by atoms with van der Waals surface area (Å²) >= 11 is 0. The van der Waals surface area contributed by atoms with Crippen molar-refractivity contribution in [2.45, 2.75) is 26.6 Å². The second-order valence-corrected chi connectivity index (χ2v) is 7.82. The molecular formula is C25H20F3N3O5. The number of alkyl halides is 3. The molecule has 2 aromatic carbocycles. The van der Waals surface area contributed by atoms with Crippen LogP contribution in [0.4, 0.5) is 18.9 Å². The van der Waals surface area contributed by atoms with Crippen LogP contribution in [0.2, 0.25) is 0 Å². The number of nitrogens with zero attached hydrogens (tertiary/aromatic N) is 1. The first kappa shape index (κ1) is 24.7. The van der Waals surface area contributed by atoms with Crippen LogP contribution in [0.15, 0.2) is 58.4 Å². The minimum absolute atomic E-state index is 0.0866. The van der Waals surface area contributed by atoms with Crippen LogP contribution >= 0.6 is 0 Å². The number of carbonyl (C=O) groups excluding carboxylic acids is 2. The normalized spacial score (nSPS) is 11.6. The van der Waals surface area contributed by atoms with Crippen molar-refractivity contribution < 1.29 is 27.5 Å². The zero-order chi connectivity index (χ0) is 26.2. The summed E-state index contributed by atoms with van der Waals surface area (Å²) in [5.41, 5.74) is -2.84. The molecule has 0 aliphatic rings. The molecule has 4 rings (SSSR count). The Kier molecular flexibility index (Phi) is 6.40. The number of anilines is 1. The highest BCUT2D eigenvalue weighted by Gasteiger charge is 2.33. The van der Waals surface area contributed by atoms with Crippen molar-refractivity contribution in [3.63, 3.8) is 0 Å². The first-order valence-corrected chi connectivity index (χ1v) is 10.9. The lowest BCUT2D eigenvalue weighted by Gasteiger charge is -2.13. The number of para-hydroxylation sites is 1. The van der Waals surface area contributed by atoms with Crippen molar-refractivity contribution in [3.05, 3.63) is 85.9 Å². The van der Waals surface area contributed by atoms with Crippen molar-refractivity contribution in [1.82, 2.24) is 9.55 Å². The topological polar surface area (TPSA) is 110 Å². The van der Waals surface area contributed by atoms with Crippen molar-refractivity contribution in [1.29, 1.82) is 0 Å². The maximum absolute atomic E-state index is 13.3. The Bertz CT molecular complexity index is 1640. The summed E-state index contributed by atoms with van der Waals surface area (Å²) in [5, 5.41) is 2.34. The Morgan fingerprint density at radius 1 is 1.03 bits per heavy atom. The van der Waals surface area contributed by atoms with Crippen LogP contribution in [0.3, 0.4) is 0 Å². The molecule has 0 saturated carbocycles. The highest BCUT2D eigenvalue weighted by molar-refractivity contribution is 6.06. The fourth-order valence-corrected chi connectivity index (χ4v) is 3.95. The third-order valence-electron chi connectivity index (χ3n) is 5.64. The van der Waals surface area contributed by atoms with Crippen molar-refractivity contribution in [2.75, 3.05) is 11.9 Å². The maximum Gasteiger partial charge on any atom is 0.418 e. The summed E-state index contributed by atoms with van der Waals surface area (Å²) in [6.07, 6.45) is -2.37. The molecule has 0 unspecified atom stereocenters. The van der Waals surface area contributed by atoms with Gasteiger partial charge in [0.05, 0.1) is 23.2 Å². The number of ether oxygens (including phenoxy) is 1. The Morgan fingerprint density at radius 2 is 1.75 bits per heavy atom. The van der Waals surface area contributed by atoms with Gasteiger partial charge in [-0.3, -0.25) is 14.4 Å². The molecule has 186 valence electrons. The van der Waals surface area contributed by atoms with Gasteiger partial charge in [0.15, 0.2) is 0 Å². The maximum atomic E-state index is 13.3. The van der Waals surface area contributed by atoms with Gasteiger partial charge < -0.3 is 19.6 Å². The number of halogens is 3. The molecule has 4 aromatic rings. The fourth-order valence-electron chi connectivity index (χ4n) is 3.95. The Balaban J connectivity index is 1.75. The predicted molar refractivity (Wildman–Crippen MR) is 127 cm³/mol. The van der Waals surface area contributed by atoms with Gasteiger partial charge in [-0.05, 0) is 44.2 Å². The van der Waals surface area contributed by atoms with Gasteiger partial charge in [-0.25, -0.2) is 4.79 Å². The number of aromatic amines is 1.